The number of fused-ring (bicyclic) bond motifs is 3. The Morgan fingerprint density at radius 1 is 0.865 bits per heavy atom. The van der Waals surface area contributed by atoms with Gasteiger partial charge in [0.1, 0.15) is 10.4 Å². The maximum atomic E-state index is 6.03. The molecule has 0 saturated carbocycles. The van der Waals surface area contributed by atoms with Crippen LogP contribution >= 0.6 is 11.3 Å². The van der Waals surface area contributed by atoms with Gasteiger partial charge in [0.15, 0.2) is 0 Å². The number of hydrogen-bond donors (Lipinski definition) is 0. The lowest BCUT2D eigenvalue weighted by atomic mass is 9.82. The molecule has 0 atom stereocenters. The fourth-order valence-corrected chi connectivity index (χ4v) is 6.44. The van der Waals surface area contributed by atoms with Crippen LogP contribution < -0.4 is 0 Å². The molecule has 0 unspecified atom stereocenters. The first-order valence-electron chi connectivity index (χ1n) is 13.1. The molecule has 6 aromatic rings. The number of furan rings is 1. The van der Waals surface area contributed by atoms with Gasteiger partial charge in [0.05, 0.1) is 12.0 Å². The highest BCUT2D eigenvalue weighted by molar-refractivity contribution is 7.18. The summed E-state index contributed by atoms with van der Waals surface area (Å²) >= 11 is 1.77. The van der Waals surface area contributed by atoms with E-state index in [1.54, 1.807) is 11.3 Å². The van der Waals surface area contributed by atoms with Crippen molar-refractivity contribution in [2.24, 2.45) is 5.92 Å². The van der Waals surface area contributed by atoms with E-state index < -0.39 is 0 Å². The molecular weight excluding hydrogens is 470 g/mol. The third kappa shape index (κ3) is 4.26. The zero-order chi connectivity index (χ0) is 25.9. The van der Waals surface area contributed by atoms with Crippen molar-refractivity contribution in [1.29, 1.82) is 0 Å². The first-order chi connectivity index (χ1) is 17.7. The van der Waals surface area contributed by atoms with Crippen LogP contribution in [0.5, 0.6) is 0 Å². The van der Waals surface area contributed by atoms with Crippen LogP contribution in [0.15, 0.2) is 77.4 Å². The minimum absolute atomic E-state index is 0.0251. The average molecular weight is 504 g/mol. The third-order valence-corrected chi connectivity index (χ3v) is 8.16. The molecule has 6 rings (SSSR count). The van der Waals surface area contributed by atoms with Crippen LogP contribution in [0.25, 0.3) is 54.3 Å². The Bertz CT molecular complexity index is 1780. The quantitative estimate of drug-likeness (QED) is 0.239. The predicted octanol–water partition coefficient (Wildman–Crippen LogP) is 10.3. The highest BCUT2D eigenvalue weighted by atomic mass is 32.1. The molecule has 0 radical (unpaired) electrons. The molecule has 0 aliphatic carbocycles. The number of nitrogens with zero attached hydrogens (tertiary/aromatic N) is 1. The maximum Gasteiger partial charge on any atom is 0.137 e. The Kier molecular flexibility index (Phi) is 5.72. The third-order valence-electron chi connectivity index (χ3n) is 7.21. The smallest absolute Gasteiger partial charge is 0.137 e. The Morgan fingerprint density at radius 3 is 2.46 bits per heavy atom. The van der Waals surface area contributed by atoms with Crippen LogP contribution in [0.3, 0.4) is 0 Å². The fourth-order valence-electron chi connectivity index (χ4n) is 5.54. The van der Waals surface area contributed by atoms with Gasteiger partial charge in [0.2, 0.25) is 0 Å². The predicted molar refractivity (Wildman–Crippen MR) is 160 cm³/mol. The lowest BCUT2D eigenvalue weighted by Gasteiger charge is -2.23. The maximum absolute atomic E-state index is 6.03. The van der Waals surface area contributed by atoms with Gasteiger partial charge in [-0.1, -0.05) is 71.0 Å². The molecular formula is C34H33NOS. The monoisotopic (exact) mass is 503 g/mol. The normalized spacial score (nSPS) is 12.4. The van der Waals surface area contributed by atoms with Gasteiger partial charge in [0, 0.05) is 21.2 Å². The topological polar surface area (TPSA) is 26.0 Å². The lowest BCUT2D eigenvalue weighted by Crippen LogP contribution is -2.12. The molecule has 0 aliphatic rings. The second kappa shape index (κ2) is 8.85. The SMILES string of the molecule is Cc1cc2c(-c3ccc(CC(C)C)c4occc34)cc(-c3cc(C(C)(C)C)c4ccccc4c3)nc2s1. The van der Waals surface area contributed by atoms with E-state index in [0.717, 1.165) is 28.1 Å². The van der Waals surface area contributed by atoms with E-state index in [2.05, 4.69) is 108 Å². The summed E-state index contributed by atoms with van der Waals surface area (Å²) in [5, 5.41) is 4.95. The van der Waals surface area contributed by atoms with E-state index in [4.69, 9.17) is 9.40 Å². The molecule has 186 valence electrons. The van der Waals surface area contributed by atoms with E-state index in [0.29, 0.717) is 5.92 Å². The zero-order valence-electron chi connectivity index (χ0n) is 22.5. The molecule has 37 heavy (non-hydrogen) atoms. The van der Waals surface area contributed by atoms with Crippen molar-refractivity contribution in [2.45, 2.75) is 53.4 Å². The summed E-state index contributed by atoms with van der Waals surface area (Å²) in [6.07, 6.45) is 2.83. The van der Waals surface area contributed by atoms with E-state index in [1.807, 2.05) is 6.26 Å². The number of aromatic nitrogens is 1. The Morgan fingerprint density at radius 2 is 1.68 bits per heavy atom. The van der Waals surface area contributed by atoms with E-state index in [1.165, 1.54) is 48.7 Å². The molecule has 3 aromatic heterocycles. The summed E-state index contributed by atoms with van der Waals surface area (Å²) in [6.45, 7) is 13.5. The van der Waals surface area contributed by atoms with Crippen molar-refractivity contribution in [3.05, 3.63) is 89.0 Å². The summed E-state index contributed by atoms with van der Waals surface area (Å²) in [5.74, 6) is 0.572. The summed E-state index contributed by atoms with van der Waals surface area (Å²) in [4.78, 5) is 7.56. The zero-order valence-corrected chi connectivity index (χ0v) is 23.3. The summed E-state index contributed by atoms with van der Waals surface area (Å²) in [7, 11) is 0. The minimum Gasteiger partial charge on any atom is -0.464 e. The van der Waals surface area contributed by atoms with Gasteiger partial charge < -0.3 is 4.42 Å². The molecule has 0 spiro atoms. The first-order valence-corrected chi connectivity index (χ1v) is 13.9. The largest absolute Gasteiger partial charge is 0.464 e. The van der Waals surface area contributed by atoms with Crippen LogP contribution in [0.2, 0.25) is 0 Å². The Labute approximate surface area is 223 Å². The van der Waals surface area contributed by atoms with Crippen LogP contribution in [0.1, 0.15) is 50.6 Å². The van der Waals surface area contributed by atoms with E-state index in [9.17, 15) is 0 Å². The van der Waals surface area contributed by atoms with Gasteiger partial charge in [0.25, 0.3) is 0 Å². The van der Waals surface area contributed by atoms with Gasteiger partial charge in [-0.15, -0.1) is 11.3 Å². The minimum atomic E-state index is 0.0251. The van der Waals surface area contributed by atoms with Crippen LogP contribution in [-0.4, -0.2) is 4.98 Å². The number of pyridine rings is 1. The highest BCUT2D eigenvalue weighted by Gasteiger charge is 2.21. The van der Waals surface area contributed by atoms with Crippen LogP contribution in [0, 0.1) is 12.8 Å². The molecule has 0 bridgehead atoms. The molecule has 3 heteroatoms. The molecule has 3 heterocycles. The number of thiophene rings is 1. The second-order valence-electron chi connectivity index (χ2n) is 11.7. The van der Waals surface area contributed by atoms with Gasteiger partial charge in [-0.3, -0.25) is 0 Å². The lowest BCUT2D eigenvalue weighted by molar-refractivity contribution is 0.595. The van der Waals surface area contributed by atoms with Crippen molar-refractivity contribution in [1.82, 2.24) is 4.98 Å². The summed E-state index contributed by atoms with van der Waals surface area (Å²) in [6, 6.07) is 24.6. The van der Waals surface area contributed by atoms with Crippen LogP contribution in [0.4, 0.5) is 0 Å². The van der Waals surface area contributed by atoms with Gasteiger partial charge >= 0.3 is 0 Å². The molecule has 0 N–H and O–H groups in total. The first kappa shape index (κ1) is 23.9. The fraction of sp³-hybridized carbons (Fsp3) is 0.265. The number of hydrogen-bond acceptors (Lipinski definition) is 3. The van der Waals surface area contributed by atoms with Crippen molar-refractivity contribution in [2.75, 3.05) is 0 Å². The molecule has 0 amide bonds. The van der Waals surface area contributed by atoms with E-state index in [-0.39, 0.29) is 5.41 Å². The number of aryl methyl sites for hydroxylation is 1. The Hall–Kier alpha value is -3.43. The molecule has 3 aromatic carbocycles. The highest BCUT2D eigenvalue weighted by Crippen LogP contribution is 2.41. The average Bonchev–Trinajstić information content (AvgIpc) is 3.48. The van der Waals surface area contributed by atoms with Crippen molar-refractivity contribution >= 4 is 43.3 Å². The molecule has 0 saturated heterocycles. The second-order valence-corrected chi connectivity index (χ2v) is 12.9. The van der Waals surface area contributed by atoms with Crippen molar-refractivity contribution in [3.63, 3.8) is 0 Å². The summed E-state index contributed by atoms with van der Waals surface area (Å²) < 4.78 is 6.03. The number of rotatable bonds is 4. The Balaban J connectivity index is 1.62. The van der Waals surface area contributed by atoms with Gasteiger partial charge in [-0.2, -0.15) is 0 Å². The molecule has 0 aliphatic heterocycles. The molecule has 0 fully saturated rings. The molecule has 2 nitrogen and oxygen atoms in total. The van der Waals surface area contributed by atoms with Gasteiger partial charge in [-0.05, 0) is 88.0 Å². The van der Waals surface area contributed by atoms with Crippen molar-refractivity contribution in [3.8, 4) is 22.4 Å². The summed E-state index contributed by atoms with van der Waals surface area (Å²) in [5.41, 5.74) is 8.26. The standard InChI is InChI=1S/C34H33NOS/c1-20(2)15-23-11-12-26(27-13-14-36-32(23)27)28-19-31(35-33-29(28)16-21(3)37-33)24-17-22-9-7-8-10-25(22)30(18-24)34(4,5)6/h7-14,16-20H,15H2,1-6H3. The van der Waals surface area contributed by atoms with Crippen LogP contribution in [-0.2, 0) is 11.8 Å². The van der Waals surface area contributed by atoms with E-state index >= 15 is 0 Å². The van der Waals surface area contributed by atoms with Gasteiger partial charge in [-0.25, -0.2) is 4.98 Å². The number of benzene rings is 3. The van der Waals surface area contributed by atoms with Crippen molar-refractivity contribution < 1.29 is 4.42 Å².